The number of aliphatic carboxylic acids is 1. The van der Waals surface area contributed by atoms with Crippen LogP contribution in [0, 0.1) is 0 Å². The van der Waals surface area contributed by atoms with Gasteiger partial charge in [-0.25, -0.2) is 0 Å². The van der Waals surface area contributed by atoms with E-state index in [9.17, 15) is 4.79 Å². The van der Waals surface area contributed by atoms with E-state index in [1.165, 1.54) is 0 Å². The Balaban J connectivity index is 2.04. The van der Waals surface area contributed by atoms with Gasteiger partial charge in [0.2, 0.25) is 0 Å². The summed E-state index contributed by atoms with van der Waals surface area (Å²) in [6.45, 7) is 0.390. The second kappa shape index (κ2) is 6.61. The predicted octanol–water partition coefficient (Wildman–Crippen LogP) is 2.90. The van der Waals surface area contributed by atoms with Gasteiger partial charge < -0.3 is 14.6 Å². The highest BCUT2D eigenvalue weighted by Crippen LogP contribution is 2.20. The van der Waals surface area contributed by atoms with Crippen molar-refractivity contribution in [1.29, 1.82) is 0 Å². The van der Waals surface area contributed by atoms with Gasteiger partial charge in [0.25, 0.3) is 0 Å². The molecule has 1 N–H and O–H groups in total. The lowest BCUT2D eigenvalue weighted by Gasteiger charge is -2.10. The Labute approximate surface area is 117 Å². The molecule has 2 aromatic carbocycles. The number of carboxylic acid groups (broad SMARTS) is 1. The molecule has 0 aliphatic carbocycles. The number of carbonyl (C=O) groups is 1. The van der Waals surface area contributed by atoms with Gasteiger partial charge in [-0.2, -0.15) is 0 Å². The van der Waals surface area contributed by atoms with Crippen LogP contribution in [0.3, 0.4) is 0 Å². The van der Waals surface area contributed by atoms with Crippen molar-refractivity contribution in [3.8, 4) is 11.5 Å². The third-order valence-corrected chi connectivity index (χ3v) is 2.87. The zero-order valence-electron chi connectivity index (χ0n) is 11.2. The summed E-state index contributed by atoms with van der Waals surface area (Å²) in [4.78, 5) is 10.8. The van der Waals surface area contributed by atoms with Crippen LogP contribution in [-0.4, -0.2) is 18.2 Å². The molecule has 0 fully saturated rings. The Morgan fingerprint density at radius 2 is 1.80 bits per heavy atom. The van der Waals surface area contributed by atoms with E-state index >= 15 is 0 Å². The van der Waals surface area contributed by atoms with Gasteiger partial charge in [0.1, 0.15) is 18.1 Å². The van der Waals surface area contributed by atoms with Crippen LogP contribution in [0.25, 0.3) is 0 Å². The molecule has 0 aliphatic rings. The van der Waals surface area contributed by atoms with Crippen LogP contribution in [0.2, 0.25) is 0 Å². The summed E-state index contributed by atoms with van der Waals surface area (Å²) in [5.74, 6) is 0.524. The van der Waals surface area contributed by atoms with E-state index in [1.807, 2.05) is 30.3 Å². The number of ether oxygens (including phenoxy) is 2. The van der Waals surface area contributed by atoms with Crippen LogP contribution in [0.4, 0.5) is 0 Å². The minimum Gasteiger partial charge on any atom is -0.497 e. The van der Waals surface area contributed by atoms with Crippen LogP contribution in [-0.2, 0) is 17.8 Å². The molecule has 0 bridgehead atoms. The van der Waals surface area contributed by atoms with E-state index in [1.54, 1.807) is 25.3 Å². The van der Waals surface area contributed by atoms with Crippen molar-refractivity contribution < 1.29 is 19.4 Å². The fourth-order valence-electron chi connectivity index (χ4n) is 1.84. The summed E-state index contributed by atoms with van der Waals surface area (Å²) in [5, 5.41) is 8.86. The highest BCUT2D eigenvalue weighted by molar-refractivity contribution is 5.71. The van der Waals surface area contributed by atoms with Crippen molar-refractivity contribution in [2.45, 2.75) is 13.0 Å². The van der Waals surface area contributed by atoms with Crippen molar-refractivity contribution in [3.63, 3.8) is 0 Å². The first-order chi connectivity index (χ1) is 9.69. The number of methoxy groups -OCH3 is 1. The molecular formula is C16H16O4. The molecule has 20 heavy (non-hydrogen) atoms. The Hall–Kier alpha value is -2.49. The van der Waals surface area contributed by atoms with Crippen molar-refractivity contribution >= 4 is 5.97 Å². The van der Waals surface area contributed by atoms with Crippen molar-refractivity contribution in [2.75, 3.05) is 7.11 Å². The molecule has 4 nitrogen and oxygen atoms in total. The normalized spacial score (nSPS) is 10.1. The van der Waals surface area contributed by atoms with Gasteiger partial charge in [0.05, 0.1) is 13.5 Å². The predicted molar refractivity (Wildman–Crippen MR) is 75.1 cm³/mol. The Morgan fingerprint density at radius 1 is 1.10 bits per heavy atom. The lowest BCUT2D eigenvalue weighted by Crippen LogP contribution is -2.04. The van der Waals surface area contributed by atoms with Crippen LogP contribution < -0.4 is 9.47 Å². The highest BCUT2D eigenvalue weighted by Gasteiger charge is 2.07. The van der Waals surface area contributed by atoms with Crippen LogP contribution in [0.5, 0.6) is 11.5 Å². The van der Waals surface area contributed by atoms with Gasteiger partial charge in [0, 0.05) is 5.56 Å². The standard InChI is InChI=1S/C16H16O4/c1-19-14-8-6-12(7-9-14)11-20-15-5-3-2-4-13(15)10-16(17)18/h2-9H,10-11H2,1H3,(H,17,18). The zero-order chi connectivity index (χ0) is 14.4. The lowest BCUT2D eigenvalue weighted by molar-refractivity contribution is -0.136. The lowest BCUT2D eigenvalue weighted by atomic mass is 10.1. The van der Waals surface area contributed by atoms with Crippen molar-refractivity contribution in [1.82, 2.24) is 0 Å². The monoisotopic (exact) mass is 272 g/mol. The van der Waals surface area contributed by atoms with E-state index in [-0.39, 0.29) is 6.42 Å². The van der Waals surface area contributed by atoms with Gasteiger partial charge >= 0.3 is 5.97 Å². The molecule has 0 saturated carbocycles. The fourth-order valence-corrected chi connectivity index (χ4v) is 1.84. The van der Waals surface area contributed by atoms with Crippen LogP contribution in [0.1, 0.15) is 11.1 Å². The molecule has 4 heteroatoms. The third-order valence-electron chi connectivity index (χ3n) is 2.87. The number of rotatable bonds is 6. The minimum atomic E-state index is -0.870. The molecule has 0 saturated heterocycles. The third kappa shape index (κ3) is 3.75. The van der Waals surface area contributed by atoms with Crippen LogP contribution in [0.15, 0.2) is 48.5 Å². The molecule has 2 rings (SSSR count). The molecule has 0 aliphatic heterocycles. The van der Waals surface area contributed by atoms with Crippen LogP contribution >= 0.6 is 0 Å². The first-order valence-corrected chi connectivity index (χ1v) is 6.24. The quantitative estimate of drug-likeness (QED) is 0.878. The molecule has 104 valence electrons. The van der Waals surface area contributed by atoms with E-state index in [4.69, 9.17) is 14.6 Å². The average molecular weight is 272 g/mol. The van der Waals surface area contributed by atoms with Crippen molar-refractivity contribution in [3.05, 3.63) is 59.7 Å². The number of carboxylic acids is 1. The SMILES string of the molecule is COc1ccc(COc2ccccc2CC(=O)O)cc1. The van der Waals surface area contributed by atoms with Gasteiger partial charge in [-0.1, -0.05) is 30.3 Å². The summed E-state index contributed by atoms with van der Waals surface area (Å²) < 4.78 is 10.8. The maximum absolute atomic E-state index is 10.8. The molecule has 0 unspecified atom stereocenters. The van der Waals surface area contributed by atoms with E-state index in [0.29, 0.717) is 17.9 Å². The molecule has 0 radical (unpaired) electrons. The van der Waals surface area contributed by atoms with Gasteiger partial charge in [-0.15, -0.1) is 0 Å². The molecule has 0 atom stereocenters. The topological polar surface area (TPSA) is 55.8 Å². The number of hydrogen-bond donors (Lipinski definition) is 1. The van der Waals surface area contributed by atoms with Crippen molar-refractivity contribution in [2.24, 2.45) is 0 Å². The largest absolute Gasteiger partial charge is 0.497 e. The first kappa shape index (κ1) is 13.9. The molecule has 0 heterocycles. The summed E-state index contributed by atoms with van der Waals surface area (Å²) >= 11 is 0. The number of para-hydroxylation sites is 1. The molecule has 0 spiro atoms. The Kier molecular flexibility index (Phi) is 4.60. The number of hydrogen-bond acceptors (Lipinski definition) is 3. The zero-order valence-corrected chi connectivity index (χ0v) is 11.2. The van der Waals surface area contributed by atoms with Gasteiger partial charge in [-0.05, 0) is 23.8 Å². The maximum atomic E-state index is 10.8. The molecule has 2 aromatic rings. The summed E-state index contributed by atoms with van der Waals surface area (Å²) in [6, 6.07) is 14.7. The molecular weight excluding hydrogens is 256 g/mol. The molecule has 0 aromatic heterocycles. The number of benzene rings is 2. The minimum absolute atomic E-state index is 0.0429. The summed E-state index contributed by atoms with van der Waals surface area (Å²) in [5.41, 5.74) is 1.67. The summed E-state index contributed by atoms with van der Waals surface area (Å²) in [7, 11) is 1.62. The Bertz CT molecular complexity index is 575. The van der Waals surface area contributed by atoms with E-state index in [2.05, 4.69) is 0 Å². The highest BCUT2D eigenvalue weighted by atomic mass is 16.5. The smallest absolute Gasteiger partial charge is 0.307 e. The second-order valence-electron chi connectivity index (χ2n) is 4.31. The van der Waals surface area contributed by atoms with Gasteiger partial charge in [-0.3, -0.25) is 4.79 Å². The first-order valence-electron chi connectivity index (χ1n) is 6.24. The average Bonchev–Trinajstić information content (AvgIpc) is 2.46. The maximum Gasteiger partial charge on any atom is 0.307 e. The molecule has 0 amide bonds. The second-order valence-corrected chi connectivity index (χ2v) is 4.31. The van der Waals surface area contributed by atoms with E-state index < -0.39 is 5.97 Å². The van der Waals surface area contributed by atoms with E-state index in [0.717, 1.165) is 11.3 Å². The Morgan fingerprint density at radius 3 is 2.45 bits per heavy atom. The van der Waals surface area contributed by atoms with Gasteiger partial charge in [0.15, 0.2) is 0 Å². The summed E-state index contributed by atoms with van der Waals surface area (Å²) in [6.07, 6.45) is -0.0429. The fraction of sp³-hybridized carbons (Fsp3) is 0.188.